The van der Waals surface area contributed by atoms with Gasteiger partial charge in [-0.15, -0.1) is 0 Å². The summed E-state index contributed by atoms with van der Waals surface area (Å²) in [7, 11) is 0. The van der Waals surface area contributed by atoms with Crippen LogP contribution in [-0.2, 0) is 0 Å². The van der Waals surface area contributed by atoms with E-state index in [1.54, 1.807) is 0 Å². The molecule has 0 aliphatic rings. The molecule has 0 atom stereocenters. The predicted molar refractivity (Wildman–Crippen MR) is 97.4 cm³/mol. The average Bonchev–Trinajstić information content (AvgIpc) is 2.63. The van der Waals surface area contributed by atoms with E-state index in [9.17, 15) is 0 Å². The number of aromatic nitrogens is 1. The molecule has 0 radical (unpaired) electrons. The molecule has 1 heteroatoms. The lowest BCUT2D eigenvalue weighted by molar-refractivity contribution is 1.32. The molecule has 1 heterocycles. The van der Waals surface area contributed by atoms with E-state index in [1.165, 1.54) is 27.5 Å². The number of nitrogens with zero attached hydrogens (tertiary/aromatic N) is 1. The van der Waals surface area contributed by atoms with Gasteiger partial charge in [-0.05, 0) is 34.9 Å². The van der Waals surface area contributed by atoms with Gasteiger partial charge >= 0.3 is 0 Å². The van der Waals surface area contributed by atoms with E-state index in [4.69, 9.17) is 0 Å². The molecule has 4 rings (SSSR count). The van der Waals surface area contributed by atoms with E-state index >= 15 is 0 Å². The fourth-order valence-corrected chi connectivity index (χ4v) is 3.09. The first-order chi connectivity index (χ1) is 11.3. The molecule has 1 aromatic heterocycles. The molecule has 0 unspecified atom stereocenters. The summed E-state index contributed by atoms with van der Waals surface area (Å²) in [4.78, 5) is 4.67. The molecule has 0 saturated carbocycles. The Balaban J connectivity index is 1.84. The first kappa shape index (κ1) is 13.7. The van der Waals surface area contributed by atoms with Crippen LogP contribution >= 0.6 is 0 Å². The van der Waals surface area contributed by atoms with Crippen LogP contribution in [-0.4, -0.2) is 4.98 Å². The van der Waals surface area contributed by atoms with Gasteiger partial charge in [0.05, 0.1) is 5.69 Å². The zero-order valence-corrected chi connectivity index (χ0v) is 13.0. The number of pyridine rings is 1. The van der Waals surface area contributed by atoms with Gasteiger partial charge in [0.1, 0.15) is 0 Å². The molecule has 3 aromatic carbocycles. The van der Waals surface area contributed by atoms with Crippen LogP contribution < -0.4 is 0 Å². The number of hydrogen-bond acceptors (Lipinski definition) is 1. The standard InChI is InChI=1S/C22H17N/c1-16-11-12-17-7-5-6-10-20(17)22(16)19-13-14-21(23-15-19)18-8-3-2-4-9-18/h2-15H,1H3. The smallest absolute Gasteiger partial charge is 0.0702 e. The van der Waals surface area contributed by atoms with E-state index < -0.39 is 0 Å². The SMILES string of the molecule is Cc1ccc2ccccc2c1-c1ccc(-c2ccccc2)nc1. The summed E-state index contributed by atoms with van der Waals surface area (Å²) in [6.45, 7) is 2.16. The Kier molecular flexibility index (Phi) is 3.39. The molecule has 0 aliphatic heterocycles. The summed E-state index contributed by atoms with van der Waals surface area (Å²) in [5.41, 5.74) is 5.87. The lowest BCUT2D eigenvalue weighted by Crippen LogP contribution is -1.89. The maximum atomic E-state index is 4.67. The van der Waals surface area contributed by atoms with Crippen LogP contribution in [0.1, 0.15) is 5.56 Å². The highest BCUT2D eigenvalue weighted by Crippen LogP contribution is 2.32. The maximum Gasteiger partial charge on any atom is 0.0702 e. The van der Waals surface area contributed by atoms with Gasteiger partial charge in [-0.1, -0.05) is 72.8 Å². The van der Waals surface area contributed by atoms with Crippen molar-refractivity contribution in [1.82, 2.24) is 4.98 Å². The fourth-order valence-electron chi connectivity index (χ4n) is 3.09. The Hall–Kier alpha value is -2.93. The lowest BCUT2D eigenvalue weighted by atomic mass is 9.94. The van der Waals surface area contributed by atoms with Crippen molar-refractivity contribution in [2.45, 2.75) is 6.92 Å². The Bertz CT molecular complexity index is 954. The lowest BCUT2D eigenvalue weighted by Gasteiger charge is -2.11. The minimum atomic E-state index is 1.01. The topological polar surface area (TPSA) is 12.9 Å². The van der Waals surface area contributed by atoms with Crippen molar-refractivity contribution >= 4 is 10.8 Å². The second-order valence-corrected chi connectivity index (χ2v) is 5.78. The summed E-state index contributed by atoms with van der Waals surface area (Å²) < 4.78 is 0. The molecule has 0 saturated heterocycles. The normalized spacial score (nSPS) is 10.8. The van der Waals surface area contributed by atoms with Crippen molar-refractivity contribution in [2.75, 3.05) is 0 Å². The second kappa shape index (κ2) is 5.69. The fraction of sp³-hybridized carbons (Fsp3) is 0.0455. The molecule has 23 heavy (non-hydrogen) atoms. The molecule has 0 spiro atoms. The van der Waals surface area contributed by atoms with Crippen LogP contribution in [0.25, 0.3) is 33.2 Å². The van der Waals surface area contributed by atoms with E-state index in [0.29, 0.717) is 0 Å². The average molecular weight is 295 g/mol. The van der Waals surface area contributed by atoms with Crippen molar-refractivity contribution in [3.8, 4) is 22.4 Å². The molecule has 0 fully saturated rings. The van der Waals surface area contributed by atoms with Crippen LogP contribution in [0.5, 0.6) is 0 Å². The molecule has 0 aliphatic carbocycles. The summed E-state index contributed by atoms with van der Waals surface area (Å²) in [5.74, 6) is 0. The molecule has 4 aromatic rings. The van der Waals surface area contributed by atoms with Gasteiger partial charge < -0.3 is 0 Å². The van der Waals surface area contributed by atoms with Crippen molar-refractivity contribution in [3.05, 3.63) is 90.6 Å². The van der Waals surface area contributed by atoms with Crippen LogP contribution in [0, 0.1) is 6.92 Å². The van der Waals surface area contributed by atoms with Crippen molar-refractivity contribution < 1.29 is 0 Å². The summed E-state index contributed by atoms with van der Waals surface area (Å²) in [6, 6.07) is 27.4. The third kappa shape index (κ3) is 2.51. The quantitative estimate of drug-likeness (QED) is 0.450. The third-order valence-corrected chi connectivity index (χ3v) is 4.26. The van der Waals surface area contributed by atoms with Gasteiger partial charge in [0, 0.05) is 17.3 Å². The van der Waals surface area contributed by atoms with Crippen molar-refractivity contribution in [1.29, 1.82) is 0 Å². The predicted octanol–water partition coefficient (Wildman–Crippen LogP) is 5.88. The minimum Gasteiger partial charge on any atom is -0.256 e. The van der Waals surface area contributed by atoms with Crippen LogP contribution in [0.15, 0.2) is 85.1 Å². The molecular formula is C22H17N. The molecule has 1 nitrogen and oxygen atoms in total. The van der Waals surface area contributed by atoms with E-state index in [0.717, 1.165) is 11.3 Å². The molecule has 0 bridgehead atoms. The summed E-state index contributed by atoms with van der Waals surface area (Å²) >= 11 is 0. The van der Waals surface area contributed by atoms with Crippen LogP contribution in [0.2, 0.25) is 0 Å². The number of fused-ring (bicyclic) bond motifs is 1. The highest BCUT2D eigenvalue weighted by Gasteiger charge is 2.08. The van der Waals surface area contributed by atoms with Gasteiger partial charge in [0.2, 0.25) is 0 Å². The molecule has 0 N–H and O–H groups in total. The van der Waals surface area contributed by atoms with Crippen molar-refractivity contribution in [2.24, 2.45) is 0 Å². The molecule has 110 valence electrons. The van der Waals surface area contributed by atoms with E-state index in [-0.39, 0.29) is 0 Å². The van der Waals surface area contributed by atoms with E-state index in [2.05, 4.69) is 72.6 Å². The van der Waals surface area contributed by atoms with Crippen molar-refractivity contribution in [3.63, 3.8) is 0 Å². The van der Waals surface area contributed by atoms with Crippen LogP contribution in [0.3, 0.4) is 0 Å². The first-order valence-electron chi connectivity index (χ1n) is 7.83. The van der Waals surface area contributed by atoms with Gasteiger partial charge in [-0.2, -0.15) is 0 Å². The van der Waals surface area contributed by atoms with Gasteiger partial charge in [-0.3, -0.25) is 4.98 Å². The van der Waals surface area contributed by atoms with E-state index in [1.807, 2.05) is 24.4 Å². The maximum absolute atomic E-state index is 4.67. The van der Waals surface area contributed by atoms with Crippen LogP contribution in [0.4, 0.5) is 0 Å². The Morgan fingerprint density at radius 3 is 2.22 bits per heavy atom. The Morgan fingerprint density at radius 1 is 0.652 bits per heavy atom. The Labute approximate surface area is 136 Å². The number of rotatable bonds is 2. The summed E-state index contributed by atoms with van der Waals surface area (Å²) in [5, 5.41) is 2.54. The Morgan fingerprint density at radius 2 is 1.43 bits per heavy atom. The molecular weight excluding hydrogens is 278 g/mol. The zero-order chi connectivity index (χ0) is 15.6. The number of aryl methyl sites for hydroxylation is 1. The minimum absolute atomic E-state index is 1.01. The highest BCUT2D eigenvalue weighted by molar-refractivity contribution is 5.98. The van der Waals surface area contributed by atoms with Gasteiger partial charge in [-0.25, -0.2) is 0 Å². The molecule has 0 amide bonds. The number of benzene rings is 3. The van der Waals surface area contributed by atoms with Gasteiger partial charge in [0.15, 0.2) is 0 Å². The number of hydrogen-bond donors (Lipinski definition) is 0. The van der Waals surface area contributed by atoms with Gasteiger partial charge in [0.25, 0.3) is 0 Å². The third-order valence-electron chi connectivity index (χ3n) is 4.26. The highest BCUT2D eigenvalue weighted by atomic mass is 14.7. The zero-order valence-electron chi connectivity index (χ0n) is 13.0. The second-order valence-electron chi connectivity index (χ2n) is 5.78. The largest absolute Gasteiger partial charge is 0.256 e. The monoisotopic (exact) mass is 295 g/mol. The first-order valence-corrected chi connectivity index (χ1v) is 7.83. The summed E-state index contributed by atoms with van der Waals surface area (Å²) in [6.07, 6.45) is 1.98.